The maximum absolute atomic E-state index is 11.9. The van der Waals surface area contributed by atoms with Crippen LogP contribution in [0.2, 0.25) is 0 Å². The van der Waals surface area contributed by atoms with E-state index in [1.54, 1.807) is 11.3 Å². The van der Waals surface area contributed by atoms with E-state index >= 15 is 0 Å². The molecule has 0 radical (unpaired) electrons. The summed E-state index contributed by atoms with van der Waals surface area (Å²) in [6.07, 6.45) is 1.75. The Morgan fingerprint density at radius 2 is 2.21 bits per heavy atom. The number of carbonyl (C=O) groups is 1. The molecule has 1 fully saturated rings. The molecule has 0 bridgehead atoms. The molecule has 1 unspecified atom stereocenters. The van der Waals surface area contributed by atoms with Crippen LogP contribution in [-0.2, 0) is 16.1 Å². The van der Waals surface area contributed by atoms with Gasteiger partial charge in [0.05, 0.1) is 16.4 Å². The van der Waals surface area contributed by atoms with Crippen molar-refractivity contribution in [2.45, 2.75) is 25.4 Å². The standard InChI is InChI=1S/C12H17BrN2O2S.ClH/c13-10-2-1-9(18-10)7-15-12(16)11(14)8-3-5-17-6-4-8;/h1-2,8,11H,3-7,14H2,(H,15,16);1H. The summed E-state index contributed by atoms with van der Waals surface area (Å²) >= 11 is 5.02. The normalized spacial score (nSPS) is 17.6. The van der Waals surface area contributed by atoms with E-state index < -0.39 is 6.04 Å². The molecule has 1 aliphatic rings. The number of nitrogens with two attached hydrogens (primary N) is 1. The SMILES string of the molecule is Cl.NC(C(=O)NCc1ccc(Br)s1)C1CCOCC1. The van der Waals surface area contributed by atoms with Crippen LogP contribution in [-0.4, -0.2) is 25.2 Å². The average Bonchev–Trinajstić information content (AvgIpc) is 2.82. The van der Waals surface area contributed by atoms with Crippen LogP contribution in [0, 0.1) is 5.92 Å². The van der Waals surface area contributed by atoms with Gasteiger partial charge in [0, 0.05) is 18.1 Å². The molecule has 7 heteroatoms. The summed E-state index contributed by atoms with van der Waals surface area (Å²) in [5.74, 6) is 0.181. The van der Waals surface area contributed by atoms with Gasteiger partial charge in [0.2, 0.25) is 5.91 Å². The van der Waals surface area contributed by atoms with Crippen molar-refractivity contribution in [1.82, 2.24) is 5.32 Å². The number of halogens is 2. The van der Waals surface area contributed by atoms with Crippen molar-refractivity contribution in [2.24, 2.45) is 11.7 Å². The van der Waals surface area contributed by atoms with E-state index in [2.05, 4.69) is 21.2 Å². The lowest BCUT2D eigenvalue weighted by atomic mass is 9.92. The first kappa shape index (κ1) is 16.9. The maximum atomic E-state index is 11.9. The van der Waals surface area contributed by atoms with Crippen LogP contribution in [0.3, 0.4) is 0 Å². The van der Waals surface area contributed by atoms with Crippen LogP contribution in [0.15, 0.2) is 15.9 Å². The van der Waals surface area contributed by atoms with Gasteiger partial charge in [0.25, 0.3) is 0 Å². The monoisotopic (exact) mass is 368 g/mol. The van der Waals surface area contributed by atoms with E-state index in [9.17, 15) is 4.79 Å². The maximum Gasteiger partial charge on any atom is 0.237 e. The van der Waals surface area contributed by atoms with Crippen molar-refractivity contribution < 1.29 is 9.53 Å². The molecule has 4 nitrogen and oxygen atoms in total. The summed E-state index contributed by atoms with van der Waals surface area (Å²) in [5, 5.41) is 2.89. The van der Waals surface area contributed by atoms with Gasteiger partial charge in [-0.2, -0.15) is 0 Å². The fourth-order valence-corrected chi connectivity index (χ4v) is 3.45. The lowest BCUT2D eigenvalue weighted by Crippen LogP contribution is -2.46. The Labute approximate surface area is 131 Å². The van der Waals surface area contributed by atoms with Crippen molar-refractivity contribution in [3.05, 3.63) is 20.8 Å². The van der Waals surface area contributed by atoms with Gasteiger partial charge in [-0.1, -0.05) is 0 Å². The minimum absolute atomic E-state index is 0. The van der Waals surface area contributed by atoms with Crippen LogP contribution in [0.25, 0.3) is 0 Å². The molecule has 0 aliphatic carbocycles. The van der Waals surface area contributed by atoms with Gasteiger partial charge in [-0.25, -0.2) is 0 Å². The number of hydrogen-bond acceptors (Lipinski definition) is 4. The predicted octanol–water partition coefficient (Wildman–Crippen LogP) is 2.30. The van der Waals surface area contributed by atoms with Crippen LogP contribution in [0.1, 0.15) is 17.7 Å². The fraction of sp³-hybridized carbons (Fsp3) is 0.583. The van der Waals surface area contributed by atoms with Gasteiger partial charge in [-0.05, 0) is 46.8 Å². The molecule has 0 aromatic carbocycles. The number of carbonyl (C=O) groups excluding carboxylic acids is 1. The summed E-state index contributed by atoms with van der Waals surface area (Å²) in [7, 11) is 0. The third-order valence-corrected chi connectivity index (χ3v) is 4.77. The second-order valence-corrected chi connectivity index (χ2v) is 6.95. The van der Waals surface area contributed by atoms with Gasteiger partial charge >= 0.3 is 0 Å². The smallest absolute Gasteiger partial charge is 0.237 e. The molecule has 1 saturated heterocycles. The highest BCUT2D eigenvalue weighted by Crippen LogP contribution is 2.22. The predicted molar refractivity (Wildman–Crippen MR) is 82.6 cm³/mol. The summed E-state index contributed by atoms with van der Waals surface area (Å²) in [5.41, 5.74) is 5.99. The Bertz CT molecular complexity index is 410. The number of nitrogens with one attached hydrogen (secondary N) is 1. The number of amides is 1. The summed E-state index contributed by atoms with van der Waals surface area (Å²) in [4.78, 5) is 13.1. The van der Waals surface area contributed by atoms with E-state index in [4.69, 9.17) is 10.5 Å². The number of thiophene rings is 1. The van der Waals surface area contributed by atoms with Gasteiger partial charge < -0.3 is 15.8 Å². The molecule has 1 aliphatic heterocycles. The number of rotatable bonds is 4. The highest BCUT2D eigenvalue weighted by Gasteiger charge is 2.26. The summed E-state index contributed by atoms with van der Waals surface area (Å²) < 4.78 is 6.34. The van der Waals surface area contributed by atoms with Gasteiger partial charge in [-0.15, -0.1) is 23.7 Å². The molecule has 0 spiro atoms. The highest BCUT2D eigenvalue weighted by molar-refractivity contribution is 9.11. The van der Waals surface area contributed by atoms with E-state index in [1.807, 2.05) is 12.1 Å². The minimum Gasteiger partial charge on any atom is -0.381 e. The lowest BCUT2D eigenvalue weighted by molar-refractivity contribution is -0.124. The Balaban J connectivity index is 0.00000180. The van der Waals surface area contributed by atoms with E-state index in [1.165, 1.54) is 0 Å². The second-order valence-electron chi connectivity index (χ2n) is 4.40. The lowest BCUT2D eigenvalue weighted by Gasteiger charge is -2.26. The Hall–Kier alpha value is -0.140. The van der Waals surface area contributed by atoms with Crippen molar-refractivity contribution in [3.63, 3.8) is 0 Å². The Kier molecular flexibility index (Phi) is 7.31. The fourth-order valence-electron chi connectivity index (χ4n) is 2.03. The Morgan fingerprint density at radius 1 is 1.53 bits per heavy atom. The van der Waals surface area contributed by atoms with Crippen molar-refractivity contribution in [3.8, 4) is 0 Å². The van der Waals surface area contributed by atoms with Crippen LogP contribution in [0.4, 0.5) is 0 Å². The topological polar surface area (TPSA) is 64.4 Å². The first-order chi connectivity index (χ1) is 8.66. The molecule has 2 heterocycles. The van der Waals surface area contributed by atoms with Crippen LogP contribution < -0.4 is 11.1 Å². The van der Waals surface area contributed by atoms with Gasteiger partial charge in [0.1, 0.15) is 0 Å². The minimum atomic E-state index is -0.419. The molecule has 19 heavy (non-hydrogen) atoms. The van der Waals surface area contributed by atoms with E-state index in [0.29, 0.717) is 19.8 Å². The Morgan fingerprint density at radius 3 is 2.79 bits per heavy atom. The molecular formula is C12H18BrClN2O2S. The number of ether oxygens (including phenoxy) is 1. The summed E-state index contributed by atoms with van der Waals surface area (Å²) in [6.45, 7) is 1.97. The first-order valence-electron chi connectivity index (χ1n) is 6.02. The third-order valence-electron chi connectivity index (χ3n) is 3.14. The quantitative estimate of drug-likeness (QED) is 0.856. The largest absolute Gasteiger partial charge is 0.381 e. The van der Waals surface area contributed by atoms with Crippen molar-refractivity contribution in [1.29, 1.82) is 0 Å². The van der Waals surface area contributed by atoms with Crippen LogP contribution in [0.5, 0.6) is 0 Å². The van der Waals surface area contributed by atoms with Crippen LogP contribution >= 0.6 is 39.7 Å². The van der Waals surface area contributed by atoms with Gasteiger partial charge in [0.15, 0.2) is 0 Å². The molecular weight excluding hydrogens is 352 g/mol. The zero-order valence-electron chi connectivity index (χ0n) is 10.4. The molecule has 2 rings (SSSR count). The first-order valence-corrected chi connectivity index (χ1v) is 7.63. The molecule has 108 valence electrons. The summed E-state index contributed by atoms with van der Waals surface area (Å²) in [6, 6.07) is 3.55. The average molecular weight is 370 g/mol. The molecule has 3 N–H and O–H groups in total. The zero-order chi connectivity index (χ0) is 13.0. The zero-order valence-corrected chi connectivity index (χ0v) is 13.7. The molecule has 1 aromatic heterocycles. The molecule has 0 saturated carbocycles. The van der Waals surface area contributed by atoms with Gasteiger partial charge in [-0.3, -0.25) is 4.79 Å². The van der Waals surface area contributed by atoms with Crippen molar-refractivity contribution >= 4 is 45.6 Å². The highest BCUT2D eigenvalue weighted by atomic mass is 79.9. The molecule has 1 aromatic rings. The van der Waals surface area contributed by atoms with Crippen molar-refractivity contribution in [2.75, 3.05) is 13.2 Å². The molecule has 1 amide bonds. The molecule has 1 atom stereocenters. The third kappa shape index (κ3) is 5.04. The number of hydrogen-bond donors (Lipinski definition) is 2. The van der Waals surface area contributed by atoms with E-state index in [0.717, 1.165) is 21.5 Å². The van der Waals surface area contributed by atoms with E-state index in [-0.39, 0.29) is 24.2 Å². The second kappa shape index (κ2) is 8.21.